The van der Waals surface area contributed by atoms with E-state index in [0.717, 1.165) is 23.5 Å². The average molecular weight is 357 g/mol. The van der Waals surface area contributed by atoms with Crippen molar-refractivity contribution in [2.75, 3.05) is 39.8 Å². The minimum Gasteiger partial charge on any atom is -0.508 e. The van der Waals surface area contributed by atoms with Gasteiger partial charge >= 0.3 is 0 Å². The number of ether oxygens (including phenoxy) is 3. The van der Waals surface area contributed by atoms with Gasteiger partial charge in [-0.25, -0.2) is 0 Å². The predicted octanol–water partition coefficient (Wildman–Crippen LogP) is 3.17. The average Bonchev–Trinajstić information content (AvgIpc) is 2.47. The van der Waals surface area contributed by atoms with Gasteiger partial charge in [0.15, 0.2) is 5.75 Å². The van der Waals surface area contributed by atoms with Crippen molar-refractivity contribution in [1.82, 2.24) is 0 Å². The molecule has 1 N–H and O–H groups in total. The minimum atomic E-state index is -1.25. The third-order valence-electron chi connectivity index (χ3n) is 3.19. The quantitative estimate of drug-likeness (QED) is 0.286. The van der Waals surface area contributed by atoms with Gasteiger partial charge in [0.25, 0.3) is 0 Å². The van der Waals surface area contributed by atoms with Gasteiger partial charge < -0.3 is 19.3 Å². The smallest absolute Gasteiger partial charge is 0.161 e. The Morgan fingerprint density at radius 3 is 2.35 bits per heavy atom. The molecule has 0 unspecified atom stereocenters. The van der Waals surface area contributed by atoms with E-state index in [2.05, 4.69) is 20.0 Å². The van der Waals surface area contributed by atoms with Crippen LogP contribution in [0.3, 0.4) is 0 Å². The molecule has 1 aromatic carbocycles. The van der Waals surface area contributed by atoms with Gasteiger partial charge in [0.2, 0.25) is 0 Å². The number of benzene rings is 1. The SMILES string of the molecule is CCOC(OCC)[Si]CCCOc1ccc(O)cc1[P+](C)(C)C. The second-order valence-corrected chi connectivity index (χ2v) is 11.9. The molecule has 1 rings (SSSR count). The van der Waals surface area contributed by atoms with Crippen LogP contribution in [0.25, 0.3) is 0 Å². The first-order chi connectivity index (χ1) is 10.9. The second-order valence-electron chi connectivity index (χ2n) is 6.06. The zero-order valence-electron chi connectivity index (χ0n) is 15.0. The molecule has 0 spiro atoms. The first kappa shape index (κ1) is 20.4. The summed E-state index contributed by atoms with van der Waals surface area (Å²) in [5, 5.41) is 10.8. The lowest BCUT2D eigenvalue weighted by Crippen LogP contribution is -2.24. The van der Waals surface area contributed by atoms with E-state index < -0.39 is 7.26 Å². The monoisotopic (exact) mass is 357 g/mol. The van der Waals surface area contributed by atoms with Crippen LogP contribution in [-0.4, -0.2) is 60.4 Å². The van der Waals surface area contributed by atoms with E-state index >= 15 is 0 Å². The topological polar surface area (TPSA) is 47.9 Å². The van der Waals surface area contributed by atoms with Gasteiger partial charge in [-0.15, -0.1) is 0 Å². The molecule has 0 amide bonds. The summed E-state index contributed by atoms with van der Waals surface area (Å²) in [6.07, 6.45) is 0.970. The van der Waals surface area contributed by atoms with Crippen LogP contribution in [0.1, 0.15) is 20.3 Å². The first-order valence-electron chi connectivity index (χ1n) is 8.12. The summed E-state index contributed by atoms with van der Waals surface area (Å²) in [7, 11) is -0.614. The van der Waals surface area contributed by atoms with Gasteiger partial charge in [-0.05, 0) is 32.4 Å². The van der Waals surface area contributed by atoms with Gasteiger partial charge in [-0.1, -0.05) is 6.04 Å². The molecular weight excluding hydrogens is 327 g/mol. The van der Waals surface area contributed by atoms with Crippen LogP contribution in [0.15, 0.2) is 18.2 Å². The zero-order chi connectivity index (χ0) is 17.3. The fraction of sp³-hybridized carbons (Fsp3) is 0.647. The maximum Gasteiger partial charge on any atom is 0.161 e. The predicted molar refractivity (Wildman–Crippen MR) is 100 cm³/mol. The molecule has 0 aliphatic heterocycles. The van der Waals surface area contributed by atoms with Gasteiger partial charge in [0.05, 0.1) is 26.6 Å². The fourth-order valence-corrected chi connectivity index (χ4v) is 4.57. The Bertz CT molecular complexity index is 456. The molecule has 1 aromatic rings. The third-order valence-corrected chi connectivity index (χ3v) is 6.29. The van der Waals surface area contributed by atoms with Crippen LogP contribution >= 0.6 is 7.26 Å². The Labute approximate surface area is 143 Å². The van der Waals surface area contributed by atoms with E-state index in [9.17, 15) is 5.11 Å². The molecule has 0 saturated heterocycles. The summed E-state index contributed by atoms with van der Waals surface area (Å²) in [6, 6.07) is 6.44. The van der Waals surface area contributed by atoms with Gasteiger partial charge in [-0.2, -0.15) is 0 Å². The van der Waals surface area contributed by atoms with E-state index in [1.807, 2.05) is 26.0 Å². The van der Waals surface area contributed by atoms with Crippen LogP contribution in [-0.2, 0) is 9.47 Å². The number of phenolic OH excluding ortho intramolecular Hbond substituents is 1. The van der Waals surface area contributed by atoms with Crippen LogP contribution in [0.5, 0.6) is 11.5 Å². The molecule has 2 radical (unpaired) electrons. The standard InChI is InChI=1S/C17H29O4PSi/c1-6-19-17(20-7-2)23-12-8-11-21-15-10-9-14(18)13-16(15)22(3,4)5/h9-10,13,17H,6-8,11-12H2,1-5H3/p+1. The van der Waals surface area contributed by atoms with Gasteiger partial charge in [0, 0.05) is 26.5 Å². The lowest BCUT2D eigenvalue weighted by Gasteiger charge is -2.18. The van der Waals surface area contributed by atoms with E-state index in [1.54, 1.807) is 6.07 Å². The number of hydrogen-bond donors (Lipinski definition) is 1. The fourth-order valence-electron chi connectivity index (χ4n) is 2.09. The first-order valence-corrected chi connectivity index (χ1v) is 12.5. The van der Waals surface area contributed by atoms with Crippen LogP contribution in [0.4, 0.5) is 0 Å². The normalized spacial score (nSPS) is 11.9. The van der Waals surface area contributed by atoms with E-state index in [0.29, 0.717) is 35.1 Å². The van der Waals surface area contributed by atoms with E-state index in [1.165, 1.54) is 0 Å². The molecular formula is C17H30O4PSi+. The number of phenols is 1. The molecule has 0 aliphatic rings. The highest BCUT2D eigenvalue weighted by Gasteiger charge is 2.26. The largest absolute Gasteiger partial charge is 0.508 e. The molecule has 130 valence electrons. The Hall–Kier alpha value is -0.613. The van der Waals surface area contributed by atoms with Crippen molar-refractivity contribution < 1.29 is 19.3 Å². The van der Waals surface area contributed by atoms with Crippen molar-refractivity contribution in [1.29, 1.82) is 0 Å². The molecule has 0 fully saturated rings. The molecule has 0 saturated carbocycles. The molecule has 0 atom stereocenters. The molecule has 0 aliphatic carbocycles. The highest BCUT2D eigenvalue weighted by molar-refractivity contribution is 7.81. The minimum absolute atomic E-state index is 0.0743. The van der Waals surface area contributed by atoms with Crippen LogP contribution in [0, 0.1) is 0 Å². The highest BCUT2D eigenvalue weighted by atomic mass is 31.2. The Balaban J connectivity index is 2.44. The second kappa shape index (κ2) is 10.3. The lowest BCUT2D eigenvalue weighted by atomic mass is 10.3. The number of rotatable bonds is 11. The number of aromatic hydroxyl groups is 1. The summed E-state index contributed by atoms with van der Waals surface area (Å²) in [4.78, 5) is 0. The van der Waals surface area contributed by atoms with Crippen LogP contribution < -0.4 is 10.0 Å². The summed E-state index contributed by atoms with van der Waals surface area (Å²) in [6.45, 7) is 12.7. The van der Waals surface area contributed by atoms with Gasteiger partial charge in [0.1, 0.15) is 26.5 Å². The Morgan fingerprint density at radius 1 is 1.13 bits per heavy atom. The molecule has 4 nitrogen and oxygen atoms in total. The van der Waals surface area contributed by atoms with Crippen molar-refractivity contribution in [2.45, 2.75) is 32.2 Å². The lowest BCUT2D eigenvalue weighted by molar-refractivity contribution is -0.0828. The summed E-state index contributed by atoms with van der Waals surface area (Å²) in [5.41, 5.74) is 0. The van der Waals surface area contributed by atoms with E-state index in [-0.39, 0.29) is 5.91 Å². The van der Waals surface area contributed by atoms with Crippen molar-refractivity contribution in [2.24, 2.45) is 0 Å². The summed E-state index contributed by atoms with van der Waals surface area (Å²) >= 11 is 0. The Morgan fingerprint density at radius 2 is 1.78 bits per heavy atom. The Kier molecular flexibility index (Phi) is 9.14. The van der Waals surface area contributed by atoms with Crippen molar-refractivity contribution in [3.63, 3.8) is 0 Å². The van der Waals surface area contributed by atoms with Crippen molar-refractivity contribution in [3.8, 4) is 11.5 Å². The van der Waals surface area contributed by atoms with E-state index in [4.69, 9.17) is 14.2 Å². The maximum absolute atomic E-state index is 9.71. The molecule has 0 aromatic heterocycles. The van der Waals surface area contributed by atoms with Crippen molar-refractivity contribution in [3.05, 3.63) is 18.2 Å². The summed E-state index contributed by atoms with van der Waals surface area (Å²) in [5.74, 6) is 1.13. The summed E-state index contributed by atoms with van der Waals surface area (Å²) < 4.78 is 17.1. The number of hydrogen-bond acceptors (Lipinski definition) is 4. The molecule has 0 heterocycles. The molecule has 23 heavy (non-hydrogen) atoms. The zero-order valence-corrected chi connectivity index (χ0v) is 16.9. The van der Waals surface area contributed by atoms with Gasteiger partial charge in [-0.3, -0.25) is 0 Å². The van der Waals surface area contributed by atoms with Crippen LogP contribution in [0.2, 0.25) is 6.04 Å². The highest BCUT2D eigenvalue weighted by Crippen LogP contribution is 2.48. The third kappa shape index (κ3) is 7.66. The molecule has 0 bridgehead atoms. The maximum atomic E-state index is 9.71. The molecule has 6 heteroatoms. The van der Waals surface area contributed by atoms with Crippen molar-refractivity contribution >= 4 is 22.1 Å².